The van der Waals surface area contributed by atoms with Crippen molar-refractivity contribution in [1.82, 2.24) is 19.2 Å². The molecule has 0 aliphatic rings. The summed E-state index contributed by atoms with van der Waals surface area (Å²) in [6, 6.07) is 12.5. The number of benzene rings is 2. The molecule has 33 heavy (non-hydrogen) atoms. The summed E-state index contributed by atoms with van der Waals surface area (Å²) < 4.78 is 33.6. The zero-order valence-corrected chi connectivity index (χ0v) is 20.6. The second-order valence-electron chi connectivity index (χ2n) is 7.98. The number of methoxy groups -OCH3 is 1. The van der Waals surface area contributed by atoms with E-state index >= 15 is 0 Å². The number of carbonyl (C=O) groups excluding carboxylic acids is 1. The number of rotatable bonds is 10. The van der Waals surface area contributed by atoms with Gasteiger partial charge in [-0.25, -0.2) is 17.7 Å². The molecule has 1 atom stereocenters. The molecule has 178 valence electrons. The van der Waals surface area contributed by atoms with Crippen molar-refractivity contribution in [3.63, 3.8) is 0 Å². The zero-order chi connectivity index (χ0) is 24.2. The Morgan fingerprint density at radius 1 is 1.18 bits per heavy atom. The Kier molecular flexibility index (Phi) is 7.76. The third kappa shape index (κ3) is 5.20. The molecule has 0 saturated carbocycles. The van der Waals surface area contributed by atoms with Crippen LogP contribution in [0.15, 0.2) is 47.4 Å². The van der Waals surface area contributed by atoms with E-state index in [-0.39, 0.29) is 23.3 Å². The third-order valence-electron chi connectivity index (χ3n) is 5.73. The summed E-state index contributed by atoms with van der Waals surface area (Å²) in [5.41, 5.74) is 2.41. The van der Waals surface area contributed by atoms with Crippen LogP contribution in [0.2, 0.25) is 0 Å². The molecule has 1 N–H and O–H groups in total. The first-order chi connectivity index (χ1) is 15.7. The lowest BCUT2D eigenvalue weighted by Crippen LogP contribution is -2.28. The van der Waals surface area contributed by atoms with Gasteiger partial charge in [0.05, 0.1) is 29.1 Å². The minimum Gasteiger partial charge on any atom is -0.496 e. The maximum Gasteiger partial charge on any atom is 0.242 e. The van der Waals surface area contributed by atoms with Gasteiger partial charge < -0.3 is 14.6 Å². The second kappa shape index (κ2) is 10.4. The predicted octanol–water partition coefficient (Wildman–Crippen LogP) is 3.52. The predicted molar refractivity (Wildman–Crippen MR) is 129 cm³/mol. The third-order valence-corrected chi connectivity index (χ3v) is 7.54. The van der Waals surface area contributed by atoms with Crippen LogP contribution in [0.5, 0.6) is 5.75 Å². The van der Waals surface area contributed by atoms with Gasteiger partial charge >= 0.3 is 0 Å². The van der Waals surface area contributed by atoms with Crippen LogP contribution >= 0.6 is 0 Å². The lowest BCUT2D eigenvalue weighted by Gasteiger charge is -2.20. The van der Waals surface area contributed by atoms with Crippen LogP contribution in [0.3, 0.4) is 0 Å². The first-order valence-corrected chi connectivity index (χ1v) is 12.5. The molecule has 8 nitrogen and oxygen atoms in total. The van der Waals surface area contributed by atoms with Crippen molar-refractivity contribution < 1.29 is 17.9 Å². The van der Waals surface area contributed by atoms with Crippen LogP contribution < -0.4 is 10.1 Å². The number of sulfonamides is 1. The number of nitrogens with zero attached hydrogens (tertiary/aromatic N) is 3. The van der Waals surface area contributed by atoms with Gasteiger partial charge in [0.25, 0.3) is 0 Å². The lowest BCUT2D eigenvalue weighted by atomic mass is 10.0. The molecule has 1 unspecified atom stereocenters. The number of imidazole rings is 1. The van der Waals surface area contributed by atoms with E-state index in [9.17, 15) is 13.2 Å². The number of nitrogens with one attached hydrogen (secondary N) is 1. The standard InChI is InChI=1S/C24H32N4O4S/c1-6-19(18-10-8-9-11-22(18)32-5)26-24(29)15-14-23-25-20-16-17(33(30,31)27(3)4)12-13-21(20)28(23)7-2/h8-13,16,19H,6-7,14-15H2,1-5H3,(H,26,29). The van der Waals surface area contributed by atoms with Crippen molar-refractivity contribution in [3.8, 4) is 5.75 Å². The van der Waals surface area contributed by atoms with Crippen molar-refractivity contribution in [2.45, 2.75) is 50.6 Å². The molecule has 0 aliphatic heterocycles. The highest BCUT2D eigenvalue weighted by atomic mass is 32.2. The minimum atomic E-state index is -3.54. The lowest BCUT2D eigenvalue weighted by molar-refractivity contribution is -0.121. The maximum absolute atomic E-state index is 12.8. The summed E-state index contributed by atoms with van der Waals surface area (Å²) in [6.07, 6.45) is 1.47. The minimum absolute atomic E-state index is 0.0710. The van der Waals surface area contributed by atoms with Crippen LogP contribution in [-0.4, -0.2) is 49.4 Å². The number of fused-ring (bicyclic) bond motifs is 1. The number of aromatic nitrogens is 2. The summed E-state index contributed by atoms with van der Waals surface area (Å²) in [7, 11) is 1.09. The van der Waals surface area contributed by atoms with Crippen LogP contribution in [-0.2, 0) is 27.8 Å². The Hall–Kier alpha value is -2.91. The molecule has 0 radical (unpaired) electrons. The van der Waals surface area contributed by atoms with Crippen molar-refractivity contribution in [1.29, 1.82) is 0 Å². The smallest absolute Gasteiger partial charge is 0.242 e. The summed E-state index contributed by atoms with van der Waals surface area (Å²) in [5.74, 6) is 1.44. The Labute approximate surface area is 195 Å². The van der Waals surface area contributed by atoms with E-state index in [0.717, 1.165) is 29.1 Å². The molecular weight excluding hydrogens is 440 g/mol. The summed E-state index contributed by atoms with van der Waals surface area (Å²) in [4.78, 5) is 17.6. The Morgan fingerprint density at radius 2 is 1.91 bits per heavy atom. The molecule has 3 rings (SSSR count). The number of para-hydroxylation sites is 1. The number of carbonyl (C=O) groups is 1. The van der Waals surface area contributed by atoms with Crippen LogP contribution in [0, 0.1) is 0 Å². The van der Waals surface area contributed by atoms with E-state index in [2.05, 4.69) is 10.3 Å². The molecule has 0 bridgehead atoms. The Bertz CT molecular complexity index is 1230. The van der Waals surface area contributed by atoms with Gasteiger partial charge in [-0.2, -0.15) is 0 Å². The van der Waals surface area contributed by atoms with Gasteiger partial charge in [0.2, 0.25) is 15.9 Å². The van der Waals surface area contributed by atoms with Crippen LogP contribution in [0.25, 0.3) is 11.0 Å². The van der Waals surface area contributed by atoms with E-state index in [1.807, 2.05) is 42.7 Å². The highest BCUT2D eigenvalue weighted by Crippen LogP contribution is 2.27. The van der Waals surface area contributed by atoms with Gasteiger partial charge in [-0.1, -0.05) is 25.1 Å². The van der Waals surface area contributed by atoms with E-state index in [1.165, 1.54) is 18.4 Å². The Morgan fingerprint density at radius 3 is 2.55 bits per heavy atom. The first-order valence-electron chi connectivity index (χ1n) is 11.1. The quantitative estimate of drug-likeness (QED) is 0.487. The fourth-order valence-corrected chi connectivity index (χ4v) is 4.84. The normalized spacial score (nSPS) is 12.8. The van der Waals surface area contributed by atoms with Crippen molar-refractivity contribution in [2.24, 2.45) is 0 Å². The van der Waals surface area contributed by atoms with Crippen molar-refractivity contribution >= 4 is 27.0 Å². The molecule has 0 fully saturated rings. The van der Waals surface area contributed by atoms with Gasteiger partial charge in [0, 0.05) is 39.0 Å². The summed E-state index contributed by atoms with van der Waals surface area (Å²) in [5, 5.41) is 3.10. The summed E-state index contributed by atoms with van der Waals surface area (Å²) >= 11 is 0. The van der Waals surface area contributed by atoms with E-state index in [4.69, 9.17) is 4.74 Å². The number of hydrogen-bond donors (Lipinski definition) is 1. The average molecular weight is 473 g/mol. The number of aryl methyl sites for hydroxylation is 2. The molecule has 0 spiro atoms. The fourth-order valence-electron chi connectivity index (χ4n) is 3.92. The molecule has 3 aromatic rings. The highest BCUT2D eigenvalue weighted by Gasteiger charge is 2.21. The number of hydrogen-bond acceptors (Lipinski definition) is 5. The largest absolute Gasteiger partial charge is 0.496 e. The highest BCUT2D eigenvalue weighted by molar-refractivity contribution is 7.89. The number of amides is 1. The topological polar surface area (TPSA) is 93.5 Å². The molecule has 2 aromatic carbocycles. The SMILES string of the molecule is CCC(NC(=O)CCc1nc2cc(S(=O)(=O)N(C)C)ccc2n1CC)c1ccccc1OC. The Balaban J connectivity index is 1.78. The van der Waals surface area contributed by atoms with Gasteiger partial charge in [-0.3, -0.25) is 4.79 Å². The van der Waals surface area contributed by atoms with E-state index in [0.29, 0.717) is 18.5 Å². The van der Waals surface area contributed by atoms with Gasteiger partial charge in [-0.15, -0.1) is 0 Å². The molecule has 1 aromatic heterocycles. The molecule has 1 heterocycles. The van der Waals surface area contributed by atoms with Crippen molar-refractivity contribution in [3.05, 3.63) is 53.9 Å². The van der Waals surface area contributed by atoms with E-state index in [1.54, 1.807) is 25.3 Å². The molecule has 9 heteroatoms. The average Bonchev–Trinajstić information content (AvgIpc) is 3.17. The zero-order valence-electron chi connectivity index (χ0n) is 19.8. The van der Waals surface area contributed by atoms with Gasteiger partial charge in [0.15, 0.2) is 0 Å². The fraction of sp³-hybridized carbons (Fsp3) is 0.417. The number of ether oxygens (including phenoxy) is 1. The molecule has 0 saturated heterocycles. The molecule has 1 amide bonds. The first kappa shape index (κ1) is 24.7. The van der Waals surface area contributed by atoms with Crippen molar-refractivity contribution in [2.75, 3.05) is 21.2 Å². The monoisotopic (exact) mass is 472 g/mol. The van der Waals surface area contributed by atoms with E-state index < -0.39 is 10.0 Å². The maximum atomic E-state index is 12.8. The van der Waals surface area contributed by atoms with Gasteiger partial charge in [-0.05, 0) is 37.6 Å². The van der Waals surface area contributed by atoms with Gasteiger partial charge in [0.1, 0.15) is 11.6 Å². The van der Waals surface area contributed by atoms with Crippen LogP contribution in [0.1, 0.15) is 44.1 Å². The van der Waals surface area contributed by atoms with Crippen LogP contribution in [0.4, 0.5) is 0 Å². The second-order valence-corrected chi connectivity index (χ2v) is 10.1. The molecular formula is C24H32N4O4S. The summed E-state index contributed by atoms with van der Waals surface area (Å²) in [6.45, 7) is 4.70. The molecule has 0 aliphatic carbocycles.